The number of aromatic nitrogens is 1. The number of aryl methyl sites for hydroxylation is 2. The third-order valence-electron chi connectivity index (χ3n) is 4.90. The number of methoxy groups -OCH3 is 1. The number of hydrogen-bond acceptors (Lipinski definition) is 3. The predicted molar refractivity (Wildman–Crippen MR) is 99.2 cm³/mol. The Morgan fingerprint density at radius 1 is 1.15 bits per heavy atom. The number of nitrogens with zero attached hydrogens (tertiary/aromatic N) is 1. The van der Waals surface area contributed by atoms with Gasteiger partial charge < -0.3 is 14.6 Å². The van der Waals surface area contributed by atoms with E-state index in [-0.39, 0.29) is 11.9 Å². The molecular weight excluding hydrogens is 328 g/mol. The highest BCUT2D eigenvalue weighted by Gasteiger charge is 2.19. The third kappa shape index (κ3) is 2.86. The van der Waals surface area contributed by atoms with Crippen LogP contribution in [-0.2, 0) is 24.2 Å². The average molecular weight is 348 g/mol. The molecule has 2 heterocycles. The van der Waals surface area contributed by atoms with Crippen molar-refractivity contribution in [2.45, 2.75) is 25.9 Å². The van der Waals surface area contributed by atoms with Crippen molar-refractivity contribution in [3.8, 4) is 0 Å². The largest absolute Gasteiger partial charge is 0.465 e. The lowest BCUT2D eigenvalue weighted by molar-refractivity contribution is 0.0600. The summed E-state index contributed by atoms with van der Waals surface area (Å²) in [5.74, 6) is -0.445. The highest BCUT2D eigenvalue weighted by molar-refractivity contribution is 6.07. The quantitative estimate of drug-likeness (QED) is 0.736. The monoisotopic (exact) mass is 348 g/mol. The van der Waals surface area contributed by atoms with Crippen molar-refractivity contribution in [1.82, 2.24) is 9.88 Å². The van der Waals surface area contributed by atoms with Crippen LogP contribution in [0, 0.1) is 0 Å². The first-order chi connectivity index (χ1) is 12.7. The Kier molecular flexibility index (Phi) is 4.21. The SMILES string of the molecule is COC(=O)c1ccc(CNC(=O)c2cn3c4c(cccc24)CCC3)cc1. The number of nitrogens with one attached hydrogen (secondary N) is 1. The van der Waals surface area contributed by atoms with Crippen molar-refractivity contribution in [3.63, 3.8) is 0 Å². The molecule has 1 amide bonds. The molecule has 26 heavy (non-hydrogen) atoms. The molecule has 4 rings (SSSR count). The average Bonchev–Trinajstić information content (AvgIpc) is 3.07. The Balaban J connectivity index is 1.52. The summed E-state index contributed by atoms with van der Waals surface area (Å²) >= 11 is 0. The minimum absolute atomic E-state index is 0.0788. The van der Waals surface area contributed by atoms with Gasteiger partial charge in [0.05, 0.1) is 23.8 Å². The van der Waals surface area contributed by atoms with Crippen LogP contribution in [0.3, 0.4) is 0 Å². The van der Waals surface area contributed by atoms with Crippen molar-refractivity contribution in [1.29, 1.82) is 0 Å². The first-order valence-electron chi connectivity index (χ1n) is 8.73. The van der Waals surface area contributed by atoms with Gasteiger partial charge in [0.25, 0.3) is 5.91 Å². The fourth-order valence-corrected chi connectivity index (χ4v) is 3.59. The second kappa shape index (κ2) is 6.67. The van der Waals surface area contributed by atoms with Crippen LogP contribution in [0.1, 0.15) is 38.3 Å². The molecule has 0 radical (unpaired) electrons. The van der Waals surface area contributed by atoms with Gasteiger partial charge in [0.15, 0.2) is 0 Å². The Hall–Kier alpha value is -3.08. The summed E-state index contributed by atoms with van der Waals surface area (Å²) in [7, 11) is 1.36. The van der Waals surface area contributed by atoms with Gasteiger partial charge in [-0.2, -0.15) is 0 Å². The summed E-state index contributed by atoms with van der Waals surface area (Å²) in [6.45, 7) is 1.36. The Morgan fingerprint density at radius 3 is 2.73 bits per heavy atom. The summed E-state index contributed by atoms with van der Waals surface area (Å²) in [5.41, 5.74) is 4.64. The van der Waals surface area contributed by atoms with Gasteiger partial charge in [0.1, 0.15) is 0 Å². The highest BCUT2D eigenvalue weighted by atomic mass is 16.5. The Bertz CT molecular complexity index is 986. The van der Waals surface area contributed by atoms with Crippen molar-refractivity contribution in [2.24, 2.45) is 0 Å². The number of hydrogen-bond donors (Lipinski definition) is 1. The summed E-state index contributed by atoms with van der Waals surface area (Å²) < 4.78 is 6.88. The highest BCUT2D eigenvalue weighted by Crippen LogP contribution is 2.29. The van der Waals surface area contributed by atoms with Gasteiger partial charge in [0, 0.05) is 24.7 Å². The number of rotatable bonds is 4. The normalized spacial score (nSPS) is 12.8. The molecule has 0 atom stereocenters. The van der Waals surface area contributed by atoms with E-state index in [4.69, 9.17) is 0 Å². The van der Waals surface area contributed by atoms with Crippen molar-refractivity contribution >= 4 is 22.8 Å². The van der Waals surface area contributed by atoms with Crippen LogP contribution in [0.5, 0.6) is 0 Å². The van der Waals surface area contributed by atoms with E-state index >= 15 is 0 Å². The van der Waals surface area contributed by atoms with E-state index in [1.165, 1.54) is 18.2 Å². The van der Waals surface area contributed by atoms with E-state index in [9.17, 15) is 9.59 Å². The molecule has 0 aliphatic carbocycles. The zero-order valence-corrected chi connectivity index (χ0v) is 14.6. The fourth-order valence-electron chi connectivity index (χ4n) is 3.59. The van der Waals surface area contributed by atoms with Crippen LogP contribution < -0.4 is 5.32 Å². The lowest BCUT2D eigenvalue weighted by atomic mass is 10.0. The van der Waals surface area contributed by atoms with Crippen LogP contribution >= 0.6 is 0 Å². The smallest absolute Gasteiger partial charge is 0.337 e. The van der Waals surface area contributed by atoms with Gasteiger partial charge in [-0.3, -0.25) is 4.79 Å². The Morgan fingerprint density at radius 2 is 1.96 bits per heavy atom. The number of carbonyl (C=O) groups excluding carboxylic acids is 2. The molecule has 5 heteroatoms. The first-order valence-corrected chi connectivity index (χ1v) is 8.73. The van der Waals surface area contributed by atoms with Gasteiger partial charge in [-0.25, -0.2) is 4.79 Å². The number of benzene rings is 2. The molecule has 0 saturated carbocycles. The maximum atomic E-state index is 12.7. The topological polar surface area (TPSA) is 60.3 Å². The van der Waals surface area contributed by atoms with Crippen LogP contribution in [-0.4, -0.2) is 23.6 Å². The lowest BCUT2D eigenvalue weighted by Crippen LogP contribution is -2.22. The minimum atomic E-state index is -0.366. The van der Waals surface area contributed by atoms with Gasteiger partial charge in [-0.05, 0) is 36.1 Å². The van der Waals surface area contributed by atoms with Crippen LogP contribution in [0.4, 0.5) is 0 Å². The zero-order chi connectivity index (χ0) is 18.1. The summed E-state index contributed by atoms with van der Waals surface area (Å²) in [6.07, 6.45) is 4.13. The van der Waals surface area contributed by atoms with E-state index in [0.717, 1.165) is 35.9 Å². The molecular formula is C21H20N2O3. The number of ether oxygens (including phenoxy) is 1. The number of esters is 1. The molecule has 0 unspecified atom stereocenters. The van der Waals surface area contributed by atoms with Gasteiger partial charge in [-0.15, -0.1) is 0 Å². The van der Waals surface area contributed by atoms with E-state index in [1.807, 2.05) is 30.5 Å². The third-order valence-corrected chi connectivity index (χ3v) is 4.90. The van der Waals surface area contributed by atoms with E-state index < -0.39 is 0 Å². The molecule has 0 spiro atoms. The van der Waals surface area contributed by atoms with E-state index in [1.54, 1.807) is 12.1 Å². The summed E-state index contributed by atoms with van der Waals surface area (Å²) in [5, 5.41) is 3.99. The number of amides is 1. The maximum Gasteiger partial charge on any atom is 0.337 e. The number of para-hydroxylation sites is 1. The maximum absolute atomic E-state index is 12.7. The zero-order valence-electron chi connectivity index (χ0n) is 14.6. The Labute approximate surface area is 151 Å². The molecule has 1 aliphatic rings. The molecule has 1 N–H and O–H groups in total. The van der Waals surface area contributed by atoms with Gasteiger partial charge in [0.2, 0.25) is 0 Å². The van der Waals surface area contributed by atoms with Gasteiger partial charge in [-0.1, -0.05) is 30.3 Å². The van der Waals surface area contributed by atoms with E-state index in [0.29, 0.717) is 12.1 Å². The van der Waals surface area contributed by atoms with Crippen molar-refractivity contribution < 1.29 is 14.3 Å². The molecule has 0 bridgehead atoms. The molecule has 1 aliphatic heterocycles. The van der Waals surface area contributed by atoms with Crippen LogP contribution in [0.25, 0.3) is 10.9 Å². The van der Waals surface area contributed by atoms with Crippen LogP contribution in [0.2, 0.25) is 0 Å². The first kappa shape index (κ1) is 16.4. The van der Waals surface area contributed by atoms with Crippen molar-refractivity contribution in [3.05, 3.63) is 70.9 Å². The lowest BCUT2D eigenvalue weighted by Gasteiger charge is -2.14. The molecule has 3 aromatic rings. The second-order valence-electron chi connectivity index (χ2n) is 6.52. The molecule has 0 fully saturated rings. The molecule has 5 nitrogen and oxygen atoms in total. The fraction of sp³-hybridized carbons (Fsp3) is 0.238. The van der Waals surface area contributed by atoms with Gasteiger partial charge >= 0.3 is 5.97 Å². The van der Waals surface area contributed by atoms with Crippen molar-refractivity contribution in [2.75, 3.05) is 7.11 Å². The molecule has 2 aromatic carbocycles. The summed E-state index contributed by atoms with van der Waals surface area (Å²) in [6, 6.07) is 13.2. The summed E-state index contributed by atoms with van der Waals surface area (Å²) in [4.78, 5) is 24.2. The molecule has 132 valence electrons. The van der Waals surface area contributed by atoms with E-state index in [2.05, 4.69) is 20.7 Å². The minimum Gasteiger partial charge on any atom is -0.465 e. The number of carbonyl (C=O) groups is 2. The molecule has 1 aromatic heterocycles. The predicted octanol–water partition coefficient (Wildman–Crippen LogP) is 3.30. The van der Waals surface area contributed by atoms with Crippen LogP contribution in [0.15, 0.2) is 48.7 Å². The standard InChI is InChI=1S/C21H20N2O3/c1-26-21(25)16-9-7-14(8-10-16)12-22-20(24)18-13-23-11-3-5-15-4-2-6-17(18)19(15)23/h2,4,6-10,13H,3,5,11-12H2,1H3,(H,22,24). The molecule has 0 saturated heterocycles. The second-order valence-corrected chi connectivity index (χ2v) is 6.52.